The van der Waals surface area contributed by atoms with Gasteiger partial charge in [-0.15, -0.1) is 0 Å². The van der Waals surface area contributed by atoms with E-state index in [0.717, 1.165) is 18.6 Å². The first-order valence-electron chi connectivity index (χ1n) is 29.4. The summed E-state index contributed by atoms with van der Waals surface area (Å²) in [6, 6.07) is 10.2. The quantitative estimate of drug-likeness (QED) is 0.0521. The van der Waals surface area contributed by atoms with E-state index in [-0.39, 0.29) is 62.0 Å². The summed E-state index contributed by atoms with van der Waals surface area (Å²) < 4.78 is 52.4. The third-order valence-corrected chi connectivity index (χ3v) is 17.9. The Morgan fingerprint density at radius 3 is 1.66 bits per heavy atom. The van der Waals surface area contributed by atoms with E-state index < -0.39 is 16.0 Å². The van der Waals surface area contributed by atoms with Crippen molar-refractivity contribution in [3.05, 3.63) is 82.2 Å². The Labute approximate surface area is 505 Å². The van der Waals surface area contributed by atoms with Gasteiger partial charge in [0.2, 0.25) is 11.8 Å². The van der Waals surface area contributed by atoms with Crippen LogP contribution in [-0.4, -0.2) is 234 Å². The lowest BCUT2D eigenvalue weighted by Gasteiger charge is -2.35. The van der Waals surface area contributed by atoms with Crippen molar-refractivity contribution in [1.29, 1.82) is 0 Å². The van der Waals surface area contributed by atoms with Gasteiger partial charge < -0.3 is 67.8 Å². The van der Waals surface area contributed by atoms with Crippen molar-refractivity contribution in [1.82, 2.24) is 29.9 Å². The number of amides is 4. The van der Waals surface area contributed by atoms with Crippen LogP contribution < -0.4 is 29.0 Å². The highest BCUT2D eigenvalue weighted by atomic mass is 32.3. The molecular weight excluding hydrogens is 1130 g/mol. The molecule has 86 heavy (non-hydrogen) atoms. The van der Waals surface area contributed by atoms with Gasteiger partial charge >= 0.3 is 5.97 Å². The Morgan fingerprint density at radius 2 is 1.16 bits per heavy atom. The van der Waals surface area contributed by atoms with Gasteiger partial charge in [0.25, 0.3) is 11.8 Å². The molecule has 0 spiro atoms. The lowest BCUT2D eigenvalue weighted by molar-refractivity contribution is -0.138. The Kier molecular flexibility index (Phi) is 24.2. The maximum Gasteiger partial charge on any atom is 0.305 e. The fraction of sp³-hybridized carbons (Fsp3) is 0.548. The van der Waals surface area contributed by atoms with Crippen LogP contribution in [0.2, 0.25) is 0 Å². The molecule has 3 saturated heterocycles. The minimum absolute atomic E-state index is 0.0136. The van der Waals surface area contributed by atoms with Crippen molar-refractivity contribution in [2.24, 2.45) is 9.98 Å². The van der Waals surface area contributed by atoms with E-state index in [1.165, 1.54) is 25.4 Å². The number of hydrogen-bond donors (Lipinski definition) is 2. The van der Waals surface area contributed by atoms with Gasteiger partial charge in [-0.25, -0.2) is 10.0 Å². The van der Waals surface area contributed by atoms with E-state index in [1.54, 1.807) is 24.3 Å². The minimum atomic E-state index is -1.26. The van der Waals surface area contributed by atoms with Gasteiger partial charge in [-0.05, 0) is 63.5 Å². The minimum Gasteiger partial charge on any atom is -0.493 e. The van der Waals surface area contributed by atoms with Gasteiger partial charge in [0.15, 0.2) is 23.0 Å². The van der Waals surface area contributed by atoms with Gasteiger partial charge in [-0.1, -0.05) is 23.3 Å². The molecule has 3 fully saturated rings. The number of allylic oxidation sites excluding steroid dienone is 2. The highest BCUT2D eigenvalue weighted by Crippen LogP contribution is 2.42. The van der Waals surface area contributed by atoms with Crippen molar-refractivity contribution in [3.63, 3.8) is 0 Å². The highest BCUT2D eigenvalue weighted by molar-refractivity contribution is 8.33. The van der Waals surface area contributed by atoms with Gasteiger partial charge in [-0.3, -0.25) is 43.8 Å². The summed E-state index contributed by atoms with van der Waals surface area (Å²) in [4.78, 5) is 86.5. The van der Waals surface area contributed by atoms with E-state index in [4.69, 9.17) is 62.7 Å². The largest absolute Gasteiger partial charge is 0.493 e. The number of ether oxygens (including phenoxy) is 9. The summed E-state index contributed by atoms with van der Waals surface area (Å²) in [6.07, 6.45) is 14.6. The number of aliphatic carboxylic acids is 1. The molecular formula is C62H84N8O15S. The molecule has 2 aromatic carbocycles. The van der Waals surface area contributed by atoms with Gasteiger partial charge in [-0.2, -0.15) is 0 Å². The molecule has 8 rings (SSSR count). The van der Waals surface area contributed by atoms with Gasteiger partial charge in [0, 0.05) is 95.5 Å². The van der Waals surface area contributed by atoms with E-state index in [2.05, 4.69) is 34.9 Å². The molecule has 0 bridgehead atoms. The molecule has 2 N–H and O–H groups in total. The number of aliphatic imine (C=N–C) groups is 2. The maximum absolute atomic E-state index is 13.8. The van der Waals surface area contributed by atoms with Crippen LogP contribution in [0.5, 0.6) is 28.7 Å². The zero-order valence-electron chi connectivity index (χ0n) is 50.5. The third kappa shape index (κ3) is 18.5. The molecule has 1 aromatic heterocycles. The summed E-state index contributed by atoms with van der Waals surface area (Å²) in [5.74, 6) is 2.29. The summed E-state index contributed by atoms with van der Waals surface area (Å²) in [5, 5.41) is 11.6. The Bertz CT molecular complexity index is 2850. The molecule has 6 heterocycles. The second-order valence-electron chi connectivity index (χ2n) is 22.0. The van der Waals surface area contributed by atoms with Crippen molar-refractivity contribution in [2.45, 2.75) is 71.2 Å². The standard InChI is InChI=1S/C62H84N8O15S/c1-7-43-28-47-36-64-52-34-56(54(77-3)32-50(52)61(75)69(47)38-43)84-40-45-30-49(31-46(66-45)41-85-57-35-53-51(33-55(57)78-4)62(76)70-39-44(8-2)29-48(70)37-65-53)83-20-17-67-13-15-68(16-14-67)59(72)10-9-27-86(5,6)42-58(71)63-12-19-80-22-24-82-26-25-81-23-21-79-18-11-60(73)74/h7-8,30-37,47-48H,9-29,38-42H2,1-6H3,(H,63,71)(H,73,74)/t47-,48-/m0/s1. The molecule has 23 nitrogen and oxygen atoms in total. The van der Waals surface area contributed by atoms with Crippen LogP contribution in [0.25, 0.3) is 0 Å². The number of carboxylic acids is 1. The first kappa shape index (κ1) is 64.9. The third-order valence-electron chi connectivity index (χ3n) is 15.4. The monoisotopic (exact) mass is 1210 g/mol. The number of carbonyl (C=O) groups excluding carboxylic acids is 4. The van der Waals surface area contributed by atoms with Crippen LogP contribution in [0.3, 0.4) is 0 Å². The topological polar surface area (TPSA) is 251 Å². The molecule has 0 saturated carbocycles. The van der Waals surface area contributed by atoms with Crippen molar-refractivity contribution >= 4 is 63.4 Å². The molecule has 468 valence electrons. The fourth-order valence-electron chi connectivity index (χ4n) is 10.6. The first-order chi connectivity index (χ1) is 41.6. The number of hydrogen-bond acceptors (Lipinski definition) is 18. The lowest BCUT2D eigenvalue weighted by atomic mass is 10.1. The van der Waals surface area contributed by atoms with Crippen molar-refractivity contribution in [3.8, 4) is 28.7 Å². The molecule has 0 unspecified atom stereocenters. The Balaban J connectivity index is 0.800. The summed E-state index contributed by atoms with van der Waals surface area (Å²) >= 11 is 0. The van der Waals surface area contributed by atoms with E-state index in [0.29, 0.717) is 186 Å². The molecule has 5 aliphatic rings. The van der Waals surface area contributed by atoms with E-state index >= 15 is 0 Å². The number of aromatic nitrogens is 1. The number of fused-ring (bicyclic) bond motifs is 4. The number of piperazine rings is 1. The second kappa shape index (κ2) is 32.1. The van der Waals surface area contributed by atoms with Crippen LogP contribution in [0.1, 0.15) is 78.1 Å². The smallest absolute Gasteiger partial charge is 0.305 e. The summed E-state index contributed by atoms with van der Waals surface area (Å²) in [5.41, 5.74) is 5.32. The Morgan fingerprint density at radius 1 is 0.651 bits per heavy atom. The van der Waals surface area contributed by atoms with Crippen molar-refractivity contribution < 1.29 is 71.7 Å². The number of nitrogens with one attached hydrogen (secondary N) is 1. The Hall–Kier alpha value is -7.09. The van der Waals surface area contributed by atoms with E-state index in [1.807, 2.05) is 53.1 Å². The molecule has 0 aliphatic carbocycles. The van der Waals surface area contributed by atoms with E-state index in [9.17, 15) is 24.0 Å². The summed E-state index contributed by atoms with van der Waals surface area (Å²) in [6.45, 7) is 11.9. The van der Waals surface area contributed by atoms with Crippen LogP contribution in [0.15, 0.2) is 69.7 Å². The zero-order chi connectivity index (χ0) is 61.0. The van der Waals surface area contributed by atoms with Crippen LogP contribution in [0, 0.1) is 0 Å². The molecule has 3 aromatic rings. The number of carboxylic acid groups (broad SMARTS) is 1. The van der Waals surface area contributed by atoms with Crippen LogP contribution in [-0.2, 0) is 46.5 Å². The van der Waals surface area contributed by atoms with Gasteiger partial charge in [0.05, 0.1) is 125 Å². The predicted octanol–water partition coefficient (Wildman–Crippen LogP) is 6.03. The number of benzene rings is 2. The molecule has 2 atom stereocenters. The first-order valence-corrected chi connectivity index (χ1v) is 32.2. The maximum atomic E-state index is 13.8. The average Bonchev–Trinajstić information content (AvgIpc) is 1.89. The second-order valence-corrected chi connectivity index (χ2v) is 26.2. The molecule has 0 radical (unpaired) electrons. The fourth-order valence-corrected chi connectivity index (χ4v) is 12.5. The van der Waals surface area contributed by atoms with Gasteiger partial charge in [0.1, 0.15) is 25.6 Å². The average molecular weight is 1210 g/mol. The molecule has 4 amide bonds. The SMILES string of the molecule is CC=C1C[C@H]2C=Nc3cc(OCc4cc(OCCN5CCN(C(=O)CCCS(C)(C)CC(=O)NCCOCCOCCOCCOCCC(=O)O)CC5)cc(COc5cc6c(cc5OC)C(=O)N5CC(=CC)C[C@H]5C=N6)n4)c(OC)cc3C(=O)N2C1. The highest BCUT2D eigenvalue weighted by Gasteiger charge is 2.36. The number of methoxy groups -OCH3 is 2. The number of pyridine rings is 1. The number of carbonyl (C=O) groups is 5. The summed E-state index contributed by atoms with van der Waals surface area (Å²) in [7, 11) is 1.81. The number of nitrogens with zero attached hydrogens (tertiary/aromatic N) is 7. The lowest BCUT2D eigenvalue weighted by Crippen LogP contribution is -2.49. The van der Waals surface area contributed by atoms with Crippen molar-refractivity contribution in [2.75, 3.05) is 150 Å². The predicted molar refractivity (Wildman–Crippen MR) is 327 cm³/mol. The number of rotatable bonds is 33. The molecule has 24 heteroatoms. The molecule has 5 aliphatic heterocycles. The van der Waals surface area contributed by atoms with Crippen LogP contribution >= 0.6 is 10.0 Å². The zero-order valence-corrected chi connectivity index (χ0v) is 51.3. The normalized spacial score (nSPS) is 18.6. The van der Waals surface area contributed by atoms with Crippen LogP contribution in [0.4, 0.5) is 11.4 Å².